The second kappa shape index (κ2) is 9.08. The number of nitrogens with zero attached hydrogens (tertiary/aromatic N) is 6. The van der Waals surface area contributed by atoms with Crippen molar-refractivity contribution in [3.05, 3.63) is 134 Å². The summed E-state index contributed by atoms with van der Waals surface area (Å²) in [6.45, 7) is 0. The van der Waals surface area contributed by atoms with E-state index in [4.69, 9.17) is 14.4 Å². The molecule has 0 N–H and O–H groups in total. The van der Waals surface area contributed by atoms with Crippen molar-refractivity contribution in [2.45, 2.75) is 0 Å². The van der Waals surface area contributed by atoms with E-state index in [1.807, 2.05) is 42.5 Å². The van der Waals surface area contributed by atoms with E-state index in [-0.39, 0.29) is 0 Å². The fourth-order valence-electron chi connectivity index (χ4n) is 6.86. The average Bonchev–Trinajstić information content (AvgIpc) is 3.76. The molecule has 10 aromatic rings. The van der Waals surface area contributed by atoms with Gasteiger partial charge in [-0.15, -0.1) is 0 Å². The van der Waals surface area contributed by atoms with E-state index in [0.29, 0.717) is 17.6 Å². The van der Waals surface area contributed by atoms with Gasteiger partial charge in [-0.1, -0.05) is 91.0 Å². The Labute approximate surface area is 255 Å². The van der Waals surface area contributed by atoms with Crippen LogP contribution in [0.2, 0.25) is 0 Å². The van der Waals surface area contributed by atoms with E-state index >= 15 is 0 Å². The van der Waals surface area contributed by atoms with Crippen molar-refractivity contribution < 1.29 is 4.42 Å². The third-order valence-corrected chi connectivity index (χ3v) is 8.70. The van der Waals surface area contributed by atoms with Crippen LogP contribution in [0, 0.1) is 0 Å². The summed E-state index contributed by atoms with van der Waals surface area (Å²) in [4.78, 5) is 19.8. The van der Waals surface area contributed by atoms with Crippen molar-refractivity contribution in [3.8, 4) is 23.2 Å². The van der Waals surface area contributed by atoms with Gasteiger partial charge >= 0.3 is 0 Å². The standard InChI is InChI=1S/C38H22N6O/c1-2-11-23(12-3-1)34-33-27-15-6-9-18-31(27)45-36(33)42-38(41-34)43-29-17-8-5-14-26(29)32-30(43)20-19-25-24-13-4-7-16-28(24)44(35(25)32)37-39-21-10-22-40-37/h1-22H. The van der Waals surface area contributed by atoms with E-state index in [0.717, 1.165) is 71.2 Å². The van der Waals surface area contributed by atoms with Crippen LogP contribution in [0.15, 0.2) is 138 Å². The van der Waals surface area contributed by atoms with E-state index in [1.165, 1.54) is 0 Å². The highest BCUT2D eigenvalue weighted by Gasteiger charge is 2.24. The monoisotopic (exact) mass is 578 g/mol. The number of fused-ring (bicyclic) bond motifs is 10. The van der Waals surface area contributed by atoms with Crippen LogP contribution in [0.25, 0.3) is 88.8 Å². The summed E-state index contributed by atoms with van der Waals surface area (Å²) in [6, 6.07) is 41.4. The number of furan rings is 1. The number of para-hydroxylation sites is 3. The molecule has 7 heteroatoms. The number of rotatable bonds is 3. The Morgan fingerprint density at radius 3 is 1.98 bits per heavy atom. The van der Waals surface area contributed by atoms with Crippen LogP contribution in [0.1, 0.15) is 0 Å². The molecule has 0 aliphatic heterocycles. The summed E-state index contributed by atoms with van der Waals surface area (Å²) < 4.78 is 10.7. The zero-order valence-electron chi connectivity index (χ0n) is 23.8. The molecule has 0 atom stereocenters. The summed E-state index contributed by atoms with van der Waals surface area (Å²) in [6.07, 6.45) is 3.57. The van der Waals surface area contributed by atoms with Crippen LogP contribution in [0.5, 0.6) is 0 Å². The van der Waals surface area contributed by atoms with Gasteiger partial charge in [-0.2, -0.15) is 4.98 Å². The zero-order valence-corrected chi connectivity index (χ0v) is 23.8. The van der Waals surface area contributed by atoms with Gasteiger partial charge in [-0.3, -0.25) is 9.13 Å². The first-order valence-corrected chi connectivity index (χ1v) is 14.8. The lowest BCUT2D eigenvalue weighted by atomic mass is 10.1. The molecule has 0 unspecified atom stereocenters. The van der Waals surface area contributed by atoms with Crippen molar-refractivity contribution in [1.29, 1.82) is 0 Å². The van der Waals surface area contributed by atoms with Crippen LogP contribution in [0.4, 0.5) is 0 Å². The number of hydrogen-bond acceptors (Lipinski definition) is 5. The first kappa shape index (κ1) is 24.1. The molecule has 45 heavy (non-hydrogen) atoms. The molecule has 0 aliphatic carbocycles. The van der Waals surface area contributed by atoms with Gasteiger partial charge < -0.3 is 4.42 Å². The topological polar surface area (TPSA) is 74.6 Å². The van der Waals surface area contributed by atoms with Crippen molar-refractivity contribution in [2.75, 3.05) is 0 Å². The molecule has 5 aromatic carbocycles. The summed E-state index contributed by atoms with van der Waals surface area (Å²) in [5, 5.41) is 6.35. The second-order valence-electron chi connectivity index (χ2n) is 11.1. The largest absolute Gasteiger partial charge is 0.437 e. The maximum absolute atomic E-state index is 6.38. The molecular formula is C38H22N6O. The Kier molecular flexibility index (Phi) is 4.87. The highest BCUT2D eigenvalue weighted by molar-refractivity contribution is 6.26. The van der Waals surface area contributed by atoms with Gasteiger partial charge in [0.2, 0.25) is 17.6 Å². The molecule has 0 fully saturated rings. The minimum atomic E-state index is 0.546. The van der Waals surface area contributed by atoms with Crippen LogP contribution in [0.3, 0.4) is 0 Å². The van der Waals surface area contributed by atoms with Gasteiger partial charge in [0.15, 0.2) is 0 Å². The Balaban J connectivity index is 1.38. The quantitative estimate of drug-likeness (QED) is 0.209. The Morgan fingerprint density at radius 1 is 0.467 bits per heavy atom. The summed E-state index contributed by atoms with van der Waals surface area (Å²) in [7, 11) is 0. The molecule has 0 aliphatic rings. The minimum absolute atomic E-state index is 0.546. The van der Waals surface area contributed by atoms with Crippen molar-refractivity contribution in [2.24, 2.45) is 0 Å². The third kappa shape index (κ3) is 3.34. The van der Waals surface area contributed by atoms with Gasteiger partial charge in [0.05, 0.1) is 33.1 Å². The van der Waals surface area contributed by atoms with Crippen molar-refractivity contribution in [1.82, 2.24) is 29.1 Å². The Bertz CT molecular complexity index is 2760. The van der Waals surface area contributed by atoms with Gasteiger partial charge in [0.25, 0.3) is 0 Å². The SMILES string of the molecule is c1ccc(-c2nc(-n3c4ccccc4c4c3ccc3c5ccccc5n(-c5ncccn5)c34)nc3oc4ccccc4c23)cc1. The molecule has 0 saturated carbocycles. The van der Waals surface area contributed by atoms with Crippen molar-refractivity contribution in [3.63, 3.8) is 0 Å². The predicted octanol–water partition coefficient (Wildman–Crippen LogP) is 9.03. The third-order valence-electron chi connectivity index (χ3n) is 8.70. The van der Waals surface area contributed by atoms with Crippen LogP contribution < -0.4 is 0 Å². The number of hydrogen-bond donors (Lipinski definition) is 0. The molecule has 10 rings (SSSR count). The molecule has 7 nitrogen and oxygen atoms in total. The van der Waals surface area contributed by atoms with E-state index in [9.17, 15) is 0 Å². The molecule has 210 valence electrons. The van der Waals surface area contributed by atoms with Gasteiger partial charge in [-0.05, 0) is 30.3 Å². The molecule has 0 saturated heterocycles. The highest BCUT2D eigenvalue weighted by Crippen LogP contribution is 2.42. The fourth-order valence-corrected chi connectivity index (χ4v) is 6.86. The summed E-state index contributed by atoms with van der Waals surface area (Å²) >= 11 is 0. The maximum Gasteiger partial charge on any atom is 0.238 e. The molecule has 0 amide bonds. The first-order valence-electron chi connectivity index (χ1n) is 14.8. The van der Waals surface area contributed by atoms with Crippen LogP contribution in [-0.4, -0.2) is 29.1 Å². The Morgan fingerprint density at radius 2 is 1.16 bits per heavy atom. The van der Waals surface area contributed by atoms with E-state index in [1.54, 1.807) is 12.4 Å². The number of aromatic nitrogens is 6. The minimum Gasteiger partial charge on any atom is -0.437 e. The fraction of sp³-hybridized carbons (Fsp3) is 0. The van der Waals surface area contributed by atoms with Gasteiger partial charge in [0.1, 0.15) is 5.58 Å². The molecular weight excluding hydrogens is 556 g/mol. The lowest BCUT2D eigenvalue weighted by Gasteiger charge is -2.10. The molecule has 0 radical (unpaired) electrons. The lowest BCUT2D eigenvalue weighted by molar-refractivity contribution is 0.651. The van der Waals surface area contributed by atoms with Gasteiger partial charge in [-0.25, -0.2) is 15.0 Å². The number of benzene rings is 5. The average molecular weight is 579 g/mol. The van der Waals surface area contributed by atoms with Crippen LogP contribution >= 0.6 is 0 Å². The molecule has 0 bridgehead atoms. The molecule has 5 aromatic heterocycles. The highest BCUT2D eigenvalue weighted by atomic mass is 16.3. The maximum atomic E-state index is 6.38. The zero-order chi connectivity index (χ0) is 29.5. The smallest absolute Gasteiger partial charge is 0.238 e. The molecule has 5 heterocycles. The second-order valence-corrected chi connectivity index (χ2v) is 11.1. The molecule has 0 spiro atoms. The summed E-state index contributed by atoms with van der Waals surface area (Å²) in [5.74, 6) is 1.17. The van der Waals surface area contributed by atoms with E-state index < -0.39 is 0 Å². The van der Waals surface area contributed by atoms with E-state index in [2.05, 4.69) is 98.0 Å². The normalized spacial score (nSPS) is 12.0. The van der Waals surface area contributed by atoms with Crippen molar-refractivity contribution >= 4 is 65.7 Å². The summed E-state index contributed by atoms with van der Waals surface area (Å²) in [5.41, 5.74) is 7.25. The Hall–Kier alpha value is -6.34. The van der Waals surface area contributed by atoms with Crippen LogP contribution in [-0.2, 0) is 0 Å². The van der Waals surface area contributed by atoms with Gasteiger partial charge in [0, 0.05) is 44.9 Å². The first-order chi connectivity index (χ1) is 22.3. The predicted molar refractivity (Wildman–Crippen MR) is 179 cm³/mol. The lowest BCUT2D eigenvalue weighted by Crippen LogP contribution is -2.03.